The minimum atomic E-state index is -4.55. The Morgan fingerprint density at radius 3 is 2.46 bits per heavy atom. The summed E-state index contributed by atoms with van der Waals surface area (Å²) >= 11 is 0. The monoisotopic (exact) mass is 362 g/mol. The first-order valence-corrected chi connectivity index (χ1v) is 9.67. The minimum Gasteiger partial charge on any atom is -0.317 e. The summed E-state index contributed by atoms with van der Waals surface area (Å²) in [4.78, 5) is 0. The zero-order chi connectivity index (χ0) is 17.4. The van der Waals surface area contributed by atoms with Crippen LogP contribution in [0, 0.1) is 5.41 Å². The molecule has 4 nitrogen and oxygen atoms in total. The molecule has 0 saturated carbocycles. The molecule has 1 N–H and O–H groups in total. The molecule has 0 aliphatic carbocycles. The molecular weight excluding hydrogens is 341 g/mol. The molecule has 8 heteroatoms. The van der Waals surface area contributed by atoms with Crippen molar-refractivity contribution in [3.8, 4) is 0 Å². The van der Waals surface area contributed by atoms with Crippen LogP contribution in [0.25, 0.3) is 0 Å². The van der Waals surface area contributed by atoms with Crippen LogP contribution in [0.15, 0.2) is 24.3 Å². The maximum atomic E-state index is 13.1. The topological polar surface area (TPSA) is 49.4 Å². The second-order valence-corrected chi connectivity index (χ2v) is 8.71. The van der Waals surface area contributed by atoms with Gasteiger partial charge in [0.15, 0.2) is 0 Å². The molecule has 1 spiro atoms. The average molecular weight is 362 g/mol. The first-order chi connectivity index (χ1) is 11.2. The summed E-state index contributed by atoms with van der Waals surface area (Å²) in [5.41, 5.74) is -1.07. The second-order valence-electron chi connectivity index (χ2n) is 6.74. The van der Waals surface area contributed by atoms with Gasteiger partial charge in [0.2, 0.25) is 10.0 Å². The lowest BCUT2D eigenvalue weighted by Crippen LogP contribution is -2.40. The molecule has 3 rings (SSSR count). The molecular formula is C16H21F3N2O2S. The lowest BCUT2D eigenvalue weighted by Gasteiger charge is -2.33. The number of alkyl halides is 3. The van der Waals surface area contributed by atoms with Crippen LogP contribution in [0.5, 0.6) is 0 Å². The maximum absolute atomic E-state index is 13.1. The molecule has 0 radical (unpaired) electrons. The molecule has 1 aromatic carbocycles. The van der Waals surface area contributed by atoms with Gasteiger partial charge >= 0.3 is 6.18 Å². The number of piperidine rings is 1. The number of nitrogens with one attached hydrogen (secondary N) is 1. The van der Waals surface area contributed by atoms with Crippen molar-refractivity contribution in [1.82, 2.24) is 9.62 Å². The van der Waals surface area contributed by atoms with Gasteiger partial charge < -0.3 is 5.32 Å². The smallest absolute Gasteiger partial charge is 0.317 e. The first-order valence-electron chi connectivity index (χ1n) is 8.06. The highest BCUT2D eigenvalue weighted by Gasteiger charge is 2.43. The molecule has 2 aliphatic rings. The van der Waals surface area contributed by atoms with E-state index in [9.17, 15) is 21.6 Å². The van der Waals surface area contributed by atoms with Crippen LogP contribution in [0.1, 0.15) is 30.4 Å². The number of benzene rings is 1. The van der Waals surface area contributed by atoms with E-state index in [2.05, 4.69) is 5.32 Å². The number of hydrogen-bond donors (Lipinski definition) is 1. The molecule has 24 heavy (non-hydrogen) atoms. The predicted octanol–water partition coefficient (Wildman–Crippen LogP) is 2.61. The van der Waals surface area contributed by atoms with Gasteiger partial charge in [-0.05, 0) is 49.4 Å². The molecule has 0 bridgehead atoms. The van der Waals surface area contributed by atoms with Gasteiger partial charge in [0, 0.05) is 13.1 Å². The molecule has 1 aromatic rings. The molecule has 134 valence electrons. The van der Waals surface area contributed by atoms with Crippen LogP contribution in [0.3, 0.4) is 0 Å². The van der Waals surface area contributed by atoms with Crippen molar-refractivity contribution in [2.24, 2.45) is 5.41 Å². The Hall–Kier alpha value is -1.12. The zero-order valence-electron chi connectivity index (χ0n) is 13.3. The number of rotatable bonds is 3. The SMILES string of the molecule is O=S(=O)(Cc1ccccc1C(F)(F)F)N1CCC2(CCNCC2)C1. The molecule has 2 saturated heterocycles. The van der Waals surface area contributed by atoms with E-state index in [1.54, 1.807) is 0 Å². The van der Waals surface area contributed by atoms with Crippen LogP contribution in [0.2, 0.25) is 0 Å². The third-order valence-corrected chi connectivity index (χ3v) is 6.90. The van der Waals surface area contributed by atoms with E-state index in [4.69, 9.17) is 0 Å². The van der Waals surface area contributed by atoms with Gasteiger partial charge in [-0.25, -0.2) is 12.7 Å². The number of sulfonamides is 1. The number of hydrogen-bond acceptors (Lipinski definition) is 3. The lowest BCUT2D eigenvalue weighted by molar-refractivity contribution is -0.138. The summed E-state index contributed by atoms with van der Waals surface area (Å²) in [7, 11) is -3.76. The van der Waals surface area contributed by atoms with Gasteiger partial charge in [0.05, 0.1) is 11.3 Å². The van der Waals surface area contributed by atoms with Gasteiger partial charge in [0.25, 0.3) is 0 Å². The van der Waals surface area contributed by atoms with Crippen molar-refractivity contribution in [2.75, 3.05) is 26.2 Å². The van der Waals surface area contributed by atoms with Crippen molar-refractivity contribution < 1.29 is 21.6 Å². The highest BCUT2D eigenvalue weighted by Crippen LogP contribution is 2.40. The third kappa shape index (κ3) is 3.60. The Morgan fingerprint density at radius 1 is 1.12 bits per heavy atom. The summed E-state index contributed by atoms with van der Waals surface area (Å²) in [5, 5.41) is 3.26. The van der Waals surface area contributed by atoms with Gasteiger partial charge in [-0.15, -0.1) is 0 Å². The van der Waals surface area contributed by atoms with Crippen molar-refractivity contribution in [1.29, 1.82) is 0 Å². The van der Waals surface area contributed by atoms with E-state index in [0.29, 0.717) is 13.1 Å². The Kier molecular flexibility index (Phi) is 4.65. The fraction of sp³-hybridized carbons (Fsp3) is 0.625. The summed E-state index contributed by atoms with van der Waals surface area (Å²) < 4.78 is 65.9. The van der Waals surface area contributed by atoms with Crippen molar-refractivity contribution in [3.05, 3.63) is 35.4 Å². The molecule has 0 amide bonds. The molecule has 2 fully saturated rings. The van der Waals surface area contributed by atoms with Crippen LogP contribution in [-0.2, 0) is 22.0 Å². The first kappa shape index (κ1) is 17.7. The summed E-state index contributed by atoms with van der Waals surface area (Å²) in [5.74, 6) is -0.600. The number of nitrogens with zero attached hydrogens (tertiary/aromatic N) is 1. The summed E-state index contributed by atoms with van der Waals surface area (Å²) in [6, 6.07) is 4.90. The van der Waals surface area contributed by atoms with Crippen molar-refractivity contribution in [2.45, 2.75) is 31.2 Å². The fourth-order valence-electron chi connectivity index (χ4n) is 3.71. The Balaban J connectivity index is 1.78. The van der Waals surface area contributed by atoms with Crippen molar-refractivity contribution >= 4 is 10.0 Å². The predicted molar refractivity (Wildman–Crippen MR) is 84.8 cm³/mol. The lowest BCUT2D eigenvalue weighted by atomic mass is 9.78. The molecule has 0 aromatic heterocycles. The Bertz CT molecular complexity index is 698. The van der Waals surface area contributed by atoms with Gasteiger partial charge in [-0.3, -0.25) is 0 Å². The highest BCUT2D eigenvalue weighted by atomic mass is 32.2. The Morgan fingerprint density at radius 2 is 1.79 bits per heavy atom. The van der Waals surface area contributed by atoms with Crippen LogP contribution in [0.4, 0.5) is 13.2 Å². The largest absolute Gasteiger partial charge is 0.416 e. The fourth-order valence-corrected chi connectivity index (χ4v) is 5.37. The van der Waals surface area contributed by atoms with E-state index in [-0.39, 0.29) is 11.0 Å². The maximum Gasteiger partial charge on any atom is 0.416 e. The van der Waals surface area contributed by atoms with Crippen molar-refractivity contribution in [3.63, 3.8) is 0 Å². The third-order valence-electron chi connectivity index (χ3n) is 5.12. The van der Waals surface area contributed by atoms with Gasteiger partial charge in [-0.1, -0.05) is 18.2 Å². The van der Waals surface area contributed by atoms with E-state index in [0.717, 1.165) is 38.4 Å². The summed E-state index contributed by atoms with van der Waals surface area (Å²) in [6.07, 6.45) is -1.93. The Labute approximate surface area is 140 Å². The minimum absolute atomic E-state index is 0.0120. The standard InChI is InChI=1S/C16H21F3N2O2S/c17-16(18,19)14-4-2-1-3-13(14)11-24(22,23)21-10-7-15(12-21)5-8-20-9-6-15/h1-4,20H,5-12H2. The van der Waals surface area contributed by atoms with Gasteiger partial charge in [-0.2, -0.15) is 13.2 Å². The molecule has 2 heterocycles. The van der Waals surface area contributed by atoms with Crippen LogP contribution >= 0.6 is 0 Å². The molecule has 2 aliphatic heterocycles. The van der Waals surface area contributed by atoms with Crippen LogP contribution in [-0.4, -0.2) is 38.9 Å². The number of halogens is 3. The van der Waals surface area contributed by atoms with E-state index in [1.165, 1.54) is 22.5 Å². The quantitative estimate of drug-likeness (QED) is 0.899. The molecule has 0 unspecified atom stereocenters. The van der Waals surface area contributed by atoms with E-state index < -0.39 is 27.5 Å². The van der Waals surface area contributed by atoms with Gasteiger partial charge in [0.1, 0.15) is 0 Å². The van der Waals surface area contributed by atoms with Crippen LogP contribution < -0.4 is 5.32 Å². The average Bonchev–Trinajstić information content (AvgIpc) is 2.91. The highest BCUT2D eigenvalue weighted by molar-refractivity contribution is 7.88. The van der Waals surface area contributed by atoms with E-state index >= 15 is 0 Å². The zero-order valence-corrected chi connectivity index (χ0v) is 14.1. The second kappa shape index (κ2) is 6.31. The molecule has 0 atom stereocenters. The van der Waals surface area contributed by atoms with E-state index in [1.807, 2.05) is 0 Å². The summed E-state index contributed by atoms with van der Waals surface area (Å²) in [6.45, 7) is 2.55. The normalized spacial score (nSPS) is 22.1.